The van der Waals surface area contributed by atoms with Crippen LogP contribution in [0.25, 0.3) is 0 Å². The quantitative estimate of drug-likeness (QED) is 0.0246. The van der Waals surface area contributed by atoms with E-state index in [1.165, 1.54) is 122 Å². The van der Waals surface area contributed by atoms with Crippen molar-refractivity contribution in [2.75, 3.05) is 6.61 Å². The summed E-state index contributed by atoms with van der Waals surface area (Å²) in [5, 5.41) is 23.7. The summed E-state index contributed by atoms with van der Waals surface area (Å²) >= 11 is 0. The molecular weight excluding hydrogens is 755 g/mol. The van der Waals surface area contributed by atoms with Gasteiger partial charge in [0.1, 0.15) is 6.10 Å². The maximum absolute atomic E-state index is 13.1. The van der Waals surface area contributed by atoms with Crippen molar-refractivity contribution in [1.82, 2.24) is 5.32 Å². The van der Waals surface area contributed by atoms with Crippen LogP contribution in [-0.4, -0.2) is 46.9 Å². The van der Waals surface area contributed by atoms with E-state index >= 15 is 0 Å². The van der Waals surface area contributed by atoms with E-state index in [4.69, 9.17) is 4.74 Å². The second-order valence-corrected chi connectivity index (χ2v) is 17.0. The first-order valence-corrected chi connectivity index (χ1v) is 25.4. The van der Waals surface area contributed by atoms with Gasteiger partial charge < -0.3 is 20.3 Å². The SMILES string of the molecule is CC/C=C/C=C/C=C\C=C/C=C/CCCCCC(=O)OC(/C=C/C/C=C\CCCCCCCC)CC(=O)NC(CO)C(O)CCCCCCCCCCCCCCCCCC. The number of rotatable bonds is 44. The maximum atomic E-state index is 13.1. The Bertz CT molecular complexity index is 1180. The molecule has 0 aromatic rings. The minimum absolute atomic E-state index is 0.0499. The van der Waals surface area contributed by atoms with Crippen LogP contribution in [0.3, 0.4) is 0 Å². The highest BCUT2D eigenvalue weighted by atomic mass is 16.5. The Hall–Kier alpha value is -2.96. The highest BCUT2D eigenvalue weighted by Gasteiger charge is 2.23. The van der Waals surface area contributed by atoms with Gasteiger partial charge >= 0.3 is 5.97 Å². The third-order valence-corrected chi connectivity index (χ3v) is 11.1. The molecule has 3 unspecified atom stereocenters. The van der Waals surface area contributed by atoms with E-state index in [9.17, 15) is 19.8 Å². The van der Waals surface area contributed by atoms with Crippen LogP contribution in [0.5, 0.6) is 0 Å². The lowest BCUT2D eigenvalue weighted by atomic mass is 10.0. The van der Waals surface area contributed by atoms with E-state index in [2.05, 4.69) is 50.4 Å². The highest BCUT2D eigenvalue weighted by Crippen LogP contribution is 2.16. The third kappa shape index (κ3) is 43.5. The maximum Gasteiger partial charge on any atom is 0.306 e. The summed E-state index contributed by atoms with van der Waals surface area (Å²) in [6.45, 7) is 6.29. The Morgan fingerprint density at radius 3 is 1.51 bits per heavy atom. The van der Waals surface area contributed by atoms with Gasteiger partial charge in [0.2, 0.25) is 5.91 Å². The molecule has 0 bridgehead atoms. The Balaban J connectivity index is 4.66. The first-order chi connectivity index (χ1) is 30.0. The van der Waals surface area contributed by atoms with Crippen molar-refractivity contribution < 1.29 is 24.5 Å². The van der Waals surface area contributed by atoms with E-state index in [1.807, 2.05) is 54.7 Å². The Kier molecular flexibility index (Phi) is 45.7. The van der Waals surface area contributed by atoms with Crippen LogP contribution in [0.15, 0.2) is 85.1 Å². The van der Waals surface area contributed by atoms with Gasteiger partial charge in [0.05, 0.1) is 25.2 Å². The summed E-state index contributed by atoms with van der Waals surface area (Å²) in [4.78, 5) is 26.0. The van der Waals surface area contributed by atoms with Gasteiger partial charge in [-0.25, -0.2) is 0 Å². The fourth-order valence-electron chi connectivity index (χ4n) is 7.24. The molecule has 0 radical (unpaired) electrons. The van der Waals surface area contributed by atoms with E-state index in [0.717, 1.165) is 57.8 Å². The number of aliphatic hydroxyl groups excluding tert-OH is 2. The number of aliphatic hydroxyl groups is 2. The van der Waals surface area contributed by atoms with Gasteiger partial charge in [-0.2, -0.15) is 0 Å². The van der Waals surface area contributed by atoms with E-state index in [-0.39, 0.29) is 24.9 Å². The zero-order valence-electron chi connectivity index (χ0n) is 39.8. The van der Waals surface area contributed by atoms with Gasteiger partial charge in [-0.1, -0.05) is 241 Å². The lowest BCUT2D eigenvalue weighted by molar-refractivity contribution is -0.148. The molecule has 1 amide bonds. The zero-order chi connectivity index (χ0) is 44.5. The van der Waals surface area contributed by atoms with E-state index < -0.39 is 18.2 Å². The topological polar surface area (TPSA) is 95.9 Å². The molecule has 0 saturated heterocycles. The standard InChI is InChI=1S/C55H95NO5/c1-4-7-10-13-16-19-22-24-26-28-29-32-35-38-41-44-47-53(58)52(50-57)56-54(59)49-51(46-43-40-37-34-31-21-18-15-12-9-6-3)61-55(60)48-45-42-39-36-33-30-27-25-23-20-17-14-11-8-5-2/h8,11,14,17,20,23,25,27,30,33-34,37,43,46,51-53,57-58H,4-7,9-10,12-13,15-16,18-19,21-22,24,26,28-29,31-32,35-36,38-42,44-45,47-50H2,1-3H3,(H,56,59)/b11-8+,17-14+,23-20-,27-25-,33-30+,37-34-,46-43+. The molecule has 6 nitrogen and oxygen atoms in total. The molecule has 0 heterocycles. The van der Waals surface area contributed by atoms with Gasteiger partial charge in [0, 0.05) is 6.42 Å². The molecule has 0 aliphatic carbocycles. The molecule has 61 heavy (non-hydrogen) atoms. The minimum Gasteiger partial charge on any atom is -0.458 e. The van der Waals surface area contributed by atoms with Crippen LogP contribution in [0.4, 0.5) is 0 Å². The van der Waals surface area contributed by atoms with Crippen molar-refractivity contribution in [3.05, 3.63) is 85.1 Å². The number of hydrogen-bond donors (Lipinski definition) is 3. The van der Waals surface area contributed by atoms with Crippen LogP contribution < -0.4 is 5.32 Å². The third-order valence-electron chi connectivity index (χ3n) is 11.1. The summed E-state index contributed by atoms with van der Waals surface area (Å²) in [5.74, 6) is -0.657. The van der Waals surface area contributed by atoms with Gasteiger partial charge in [-0.15, -0.1) is 0 Å². The first kappa shape index (κ1) is 58.0. The van der Waals surface area contributed by atoms with Crippen molar-refractivity contribution in [2.24, 2.45) is 0 Å². The molecule has 0 spiro atoms. The molecule has 0 aliphatic rings. The van der Waals surface area contributed by atoms with Gasteiger partial charge in [-0.05, 0) is 57.4 Å². The molecule has 0 aliphatic heterocycles. The molecule has 0 fully saturated rings. The van der Waals surface area contributed by atoms with Crippen LogP contribution in [0.1, 0.15) is 226 Å². The monoisotopic (exact) mass is 850 g/mol. The molecule has 3 N–H and O–H groups in total. The molecule has 350 valence electrons. The van der Waals surface area contributed by atoms with Crippen molar-refractivity contribution >= 4 is 11.9 Å². The Morgan fingerprint density at radius 2 is 0.984 bits per heavy atom. The van der Waals surface area contributed by atoms with Crippen LogP contribution in [-0.2, 0) is 14.3 Å². The van der Waals surface area contributed by atoms with E-state index in [0.29, 0.717) is 19.3 Å². The number of carbonyl (C=O) groups is 2. The molecule has 0 aromatic heterocycles. The fraction of sp³-hybridized carbons (Fsp3) is 0.709. The normalized spacial score (nSPS) is 14.0. The molecular formula is C55H95NO5. The number of amides is 1. The summed E-state index contributed by atoms with van der Waals surface area (Å²) in [7, 11) is 0. The summed E-state index contributed by atoms with van der Waals surface area (Å²) in [6.07, 6.45) is 62.4. The number of nitrogens with one attached hydrogen (secondary N) is 1. The second-order valence-electron chi connectivity index (χ2n) is 17.0. The molecule has 0 saturated carbocycles. The highest BCUT2D eigenvalue weighted by molar-refractivity contribution is 5.78. The predicted octanol–water partition coefficient (Wildman–Crippen LogP) is 15.2. The van der Waals surface area contributed by atoms with Crippen molar-refractivity contribution in [3.63, 3.8) is 0 Å². The average Bonchev–Trinajstić information content (AvgIpc) is 3.25. The lowest BCUT2D eigenvalue weighted by Gasteiger charge is -2.23. The van der Waals surface area contributed by atoms with Crippen molar-refractivity contribution in [3.8, 4) is 0 Å². The zero-order valence-corrected chi connectivity index (χ0v) is 39.8. The van der Waals surface area contributed by atoms with Crippen LogP contribution in [0.2, 0.25) is 0 Å². The number of ether oxygens (including phenoxy) is 1. The number of hydrogen-bond acceptors (Lipinski definition) is 5. The largest absolute Gasteiger partial charge is 0.458 e. The van der Waals surface area contributed by atoms with Gasteiger partial charge in [-0.3, -0.25) is 9.59 Å². The summed E-state index contributed by atoms with van der Waals surface area (Å²) < 4.78 is 5.80. The van der Waals surface area contributed by atoms with Crippen molar-refractivity contribution in [1.29, 1.82) is 0 Å². The van der Waals surface area contributed by atoms with Gasteiger partial charge in [0.25, 0.3) is 0 Å². The molecule has 3 atom stereocenters. The number of carbonyl (C=O) groups excluding carboxylic acids is 2. The number of esters is 1. The average molecular weight is 850 g/mol. The summed E-state index contributed by atoms with van der Waals surface area (Å²) in [5.41, 5.74) is 0. The lowest BCUT2D eigenvalue weighted by Crippen LogP contribution is -2.46. The predicted molar refractivity (Wildman–Crippen MR) is 264 cm³/mol. The fourth-order valence-corrected chi connectivity index (χ4v) is 7.24. The Labute approximate surface area is 376 Å². The van der Waals surface area contributed by atoms with Crippen LogP contribution >= 0.6 is 0 Å². The second kappa shape index (κ2) is 48.1. The number of allylic oxidation sites excluding steroid dienone is 13. The molecule has 0 aromatic carbocycles. The van der Waals surface area contributed by atoms with Crippen molar-refractivity contribution in [2.45, 2.75) is 244 Å². The van der Waals surface area contributed by atoms with E-state index in [1.54, 1.807) is 6.08 Å². The van der Waals surface area contributed by atoms with Gasteiger partial charge in [0.15, 0.2) is 0 Å². The molecule has 0 rings (SSSR count). The minimum atomic E-state index is -0.822. The molecule has 6 heteroatoms. The Morgan fingerprint density at radius 1 is 0.525 bits per heavy atom. The number of unbranched alkanes of at least 4 members (excludes halogenated alkanes) is 24. The first-order valence-electron chi connectivity index (χ1n) is 25.4. The summed E-state index contributed by atoms with van der Waals surface area (Å²) in [6, 6.07) is -0.745. The smallest absolute Gasteiger partial charge is 0.306 e. The van der Waals surface area contributed by atoms with Crippen LogP contribution in [0, 0.1) is 0 Å².